The van der Waals surface area contributed by atoms with Gasteiger partial charge in [0.25, 0.3) is 0 Å². The molecule has 2 aromatic rings. The first-order valence-electron chi connectivity index (χ1n) is 7.02. The summed E-state index contributed by atoms with van der Waals surface area (Å²) in [6, 6.07) is 12.8. The molecular formula is C17H14Cl2N2O. The van der Waals surface area contributed by atoms with Crippen molar-refractivity contribution in [2.45, 2.75) is 13.3 Å². The highest BCUT2D eigenvalue weighted by Gasteiger charge is 2.24. The van der Waals surface area contributed by atoms with Crippen LogP contribution in [-0.4, -0.2) is 18.2 Å². The van der Waals surface area contributed by atoms with Gasteiger partial charge in [0.15, 0.2) is 0 Å². The van der Waals surface area contributed by atoms with Crippen LogP contribution in [0.15, 0.2) is 47.5 Å². The maximum atomic E-state index is 12.5. The maximum absolute atomic E-state index is 12.5. The normalized spacial score (nSPS) is 14.4. The van der Waals surface area contributed by atoms with Gasteiger partial charge in [0.1, 0.15) is 0 Å². The highest BCUT2D eigenvalue weighted by molar-refractivity contribution is 6.31. The quantitative estimate of drug-likeness (QED) is 0.772. The molecule has 22 heavy (non-hydrogen) atoms. The number of amides is 1. The van der Waals surface area contributed by atoms with E-state index in [1.807, 2.05) is 25.1 Å². The predicted octanol–water partition coefficient (Wildman–Crippen LogP) is 4.87. The molecule has 3 rings (SSSR count). The van der Waals surface area contributed by atoms with Crippen LogP contribution in [0, 0.1) is 0 Å². The Morgan fingerprint density at radius 2 is 1.77 bits per heavy atom. The summed E-state index contributed by atoms with van der Waals surface area (Å²) in [4.78, 5) is 18.9. The van der Waals surface area contributed by atoms with E-state index in [2.05, 4.69) is 4.99 Å². The van der Waals surface area contributed by atoms with Gasteiger partial charge in [-0.3, -0.25) is 9.79 Å². The van der Waals surface area contributed by atoms with E-state index in [0.717, 1.165) is 22.6 Å². The summed E-state index contributed by atoms with van der Waals surface area (Å²) in [5.41, 5.74) is 3.14. The lowest BCUT2D eigenvalue weighted by Gasteiger charge is -2.20. The van der Waals surface area contributed by atoms with Gasteiger partial charge in [-0.05, 0) is 42.8 Å². The van der Waals surface area contributed by atoms with E-state index in [4.69, 9.17) is 23.2 Å². The fourth-order valence-electron chi connectivity index (χ4n) is 2.52. The number of halogens is 2. The smallest absolute Gasteiger partial charge is 0.233 e. The van der Waals surface area contributed by atoms with Crippen molar-refractivity contribution in [3.63, 3.8) is 0 Å². The van der Waals surface area contributed by atoms with E-state index >= 15 is 0 Å². The van der Waals surface area contributed by atoms with E-state index in [1.165, 1.54) is 0 Å². The summed E-state index contributed by atoms with van der Waals surface area (Å²) in [6.45, 7) is 2.52. The molecule has 0 saturated carbocycles. The molecule has 0 fully saturated rings. The fourth-order valence-corrected chi connectivity index (χ4v) is 2.81. The summed E-state index contributed by atoms with van der Waals surface area (Å²) >= 11 is 12.0. The summed E-state index contributed by atoms with van der Waals surface area (Å²) in [6.07, 6.45) is 0.252. The molecule has 0 aromatic heterocycles. The Labute approximate surface area is 139 Å². The topological polar surface area (TPSA) is 32.7 Å². The minimum Gasteiger partial charge on any atom is -0.310 e. The molecule has 2 aromatic carbocycles. The molecule has 5 heteroatoms. The van der Waals surface area contributed by atoms with Crippen molar-refractivity contribution in [2.75, 3.05) is 11.4 Å². The molecule has 0 N–H and O–H groups in total. The molecule has 112 valence electrons. The third kappa shape index (κ3) is 2.87. The van der Waals surface area contributed by atoms with Crippen LogP contribution < -0.4 is 4.90 Å². The molecule has 1 amide bonds. The average molecular weight is 333 g/mol. The van der Waals surface area contributed by atoms with Crippen molar-refractivity contribution >= 4 is 46.2 Å². The highest BCUT2D eigenvalue weighted by atomic mass is 35.5. The zero-order chi connectivity index (χ0) is 15.7. The van der Waals surface area contributed by atoms with Crippen LogP contribution in [0.1, 0.15) is 18.9 Å². The molecule has 1 aliphatic rings. The van der Waals surface area contributed by atoms with Crippen molar-refractivity contribution in [2.24, 2.45) is 4.99 Å². The minimum atomic E-state index is 0.0113. The lowest BCUT2D eigenvalue weighted by atomic mass is 10.1. The standard InChI is InChI=1S/C17H14Cl2N2O/c1-2-21-16-9-13(19)7-8-14(16)20-15(10-17(21)22)11-3-5-12(18)6-4-11/h3-9H,2,10H2,1H3. The summed E-state index contributed by atoms with van der Waals surface area (Å²) in [5.74, 6) is 0.0113. The van der Waals surface area contributed by atoms with Gasteiger partial charge >= 0.3 is 0 Å². The Morgan fingerprint density at radius 3 is 2.45 bits per heavy atom. The van der Waals surface area contributed by atoms with Crippen LogP contribution in [0.2, 0.25) is 10.0 Å². The monoisotopic (exact) mass is 332 g/mol. The van der Waals surface area contributed by atoms with Gasteiger partial charge in [-0.1, -0.05) is 35.3 Å². The van der Waals surface area contributed by atoms with Gasteiger partial charge in [0.2, 0.25) is 5.91 Å². The fraction of sp³-hybridized carbons (Fsp3) is 0.176. The van der Waals surface area contributed by atoms with Crippen LogP contribution in [-0.2, 0) is 4.79 Å². The van der Waals surface area contributed by atoms with Gasteiger partial charge in [-0.2, -0.15) is 0 Å². The Bertz CT molecular complexity index is 754. The number of aliphatic imine (C=N–C) groups is 1. The van der Waals surface area contributed by atoms with Gasteiger partial charge in [-0.25, -0.2) is 0 Å². The second kappa shape index (κ2) is 6.11. The van der Waals surface area contributed by atoms with E-state index < -0.39 is 0 Å². The second-order valence-electron chi connectivity index (χ2n) is 5.01. The number of nitrogens with zero attached hydrogens (tertiary/aromatic N) is 2. The summed E-state index contributed by atoms with van der Waals surface area (Å²) < 4.78 is 0. The van der Waals surface area contributed by atoms with Gasteiger partial charge in [0, 0.05) is 16.6 Å². The number of hydrogen-bond donors (Lipinski definition) is 0. The molecule has 0 spiro atoms. The molecule has 0 unspecified atom stereocenters. The molecule has 0 radical (unpaired) electrons. The summed E-state index contributed by atoms with van der Waals surface area (Å²) in [5, 5.41) is 1.25. The number of fused-ring (bicyclic) bond motifs is 1. The first-order chi connectivity index (χ1) is 10.6. The largest absolute Gasteiger partial charge is 0.310 e. The van der Waals surface area contributed by atoms with Crippen LogP contribution in [0.25, 0.3) is 0 Å². The number of carbonyl (C=O) groups is 1. The number of anilines is 1. The molecule has 0 saturated heterocycles. The number of carbonyl (C=O) groups excluding carboxylic acids is 1. The average Bonchev–Trinajstić information content (AvgIpc) is 2.63. The van der Waals surface area contributed by atoms with Crippen molar-refractivity contribution in [3.8, 4) is 0 Å². The minimum absolute atomic E-state index is 0.0113. The third-order valence-corrected chi connectivity index (χ3v) is 4.08. The Morgan fingerprint density at radius 1 is 1.09 bits per heavy atom. The molecule has 0 bridgehead atoms. The second-order valence-corrected chi connectivity index (χ2v) is 5.89. The van der Waals surface area contributed by atoms with E-state index in [0.29, 0.717) is 16.6 Å². The van der Waals surface area contributed by atoms with Crippen molar-refractivity contribution in [1.82, 2.24) is 0 Å². The Kier molecular flexibility index (Phi) is 4.19. The number of benzene rings is 2. The zero-order valence-corrected chi connectivity index (χ0v) is 13.5. The molecule has 3 nitrogen and oxygen atoms in total. The van der Waals surface area contributed by atoms with Gasteiger partial charge < -0.3 is 4.90 Å². The van der Waals surface area contributed by atoms with Gasteiger partial charge in [0.05, 0.1) is 23.5 Å². The number of hydrogen-bond acceptors (Lipinski definition) is 2. The first-order valence-corrected chi connectivity index (χ1v) is 7.77. The van der Waals surface area contributed by atoms with Crippen molar-refractivity contribution < 1.29 is 4.79 Å². The highest BCUT2D eigenvalue weighted by Crippen LogP contribution is 2.35. The Hall–Kier alpha value is -1.84. The molecule has 0 atom stereocenters. The van der Waals surface area contributed by atoms with E-state index in [-0.39, 0.29) is 12.3 Å². The van der Waals surface area contributed by atoms with Crippen LogP contribution in [0.3, 0.4) is 0 Å². The lowest BCUT2D eigenvalue weighted by molar-refractivity contribution is -0.117. The van der Waals surface area contributed by atoms with Crippen LogP contribution in [0.5, 0.6) is 0 Å². The van der Waals surface area contributed by atoms with Crippen LogP contribution in [0.4, 0.5) is 11.4 Å². The zero-order valence-electron chi connectivity index (χ0n) is 12.0. The number of rotatable bonds is 2. The predicted molar refractivity (Wildman–Crippen MR) is 91.7 cm³/mol. The lowest BCUT2D eigenvalue weighted by Crippen LogP contribution is -2.31. The SMILES string of the molecule is CCN1C(=O)CC(c2ccc(Cl)cc2)=Nc2ccc(Cl)cc21. The summed E-state index contributed by atoms with van der Waals surface area (Å²) in [7, 11) is 0. The molecule has 1 heterocycles. The van der Waals surface area contributed by atoms with Crippen molar-refractivity contribution in [1.29, 1.82) is 0 Å². The van der Waals surface area contributed by atoms with Gasteiger partial charge in [-0.15, -0.1) is 0 Å². The molecular weight excluding hydrogens is 319 g/mol. The van der Waals surface area contributed by atoms with E-state index in [1.54, 1.807) is 29.2 Å². The first kappa shape index (κ1) is 15.1. The van der Waals surface area contributed by atoms with Crippen LogP contribution >= 0.6 is 23.2 Å². The molecule has 1 aliphatic heterocycles. The Balaban J connectivity index is 2.12. The molecule has 0 aliphatic carbocycles. The van der Waals surface area contributed by atoms with Crippen molar-refractivity contribution in [3.05, 3.63) is 58.1 Å². The van der Waals surface area contributed by atoms with E-state index in [9.17, 15) is 4.79 Å². The third-order valence-electron chi connectivity index (χ3n) is 3.60. The maximum Gasteiger partial charge on any atom is 0.233 e.